The van der Waals surface area contributed by atoms with Crippen LogP contribution in [0.1, 0.15) is 5.56 Å². The Kier molecular flexibility index (Phi) is 1.22. The zero-order valence-electron chi connectivity index (χ0n) is 4.89. The minimum Gasteiger partial charge on any atom is -0.314 e. The summed E-state index contributed by atoms with van der Waals surface area (Å²) >= 11 is 0. The molecule has 0 fully saturated rings. The Morgan fingerprint density at radius 2 is 2.11 bits per heavy atom. The summed E-state index contributed by atoms with van der Waals surface area (Å²) < 4.78 is 0. The van der Waals surface area contributed by atoms with E-state index in [1.165, 1.54) is 6.20 Å². The Hall–Kier alpha value is -1.32. The lowest BCUT2D eigenvalue weighted by atomic mass is 10.5. The second-order valence-electron chi connectivity index (χ2n) is 1.75. The Morgan fingerprint density at radius 3 is 2.56 bits per heavy atom. The lowest BCUT2D eigenvalue weighted by molar-refractivity contribution is 1.01. The monoisotopic (exact) mass is 127 g/mol. The molecule has 0 aliphatic heterocycles. The molecule has 0 radical (unpaired) electrons. The van der Waals surface area contributed by atoms with Crippen LogP contribution >= 0.6 is 0 Å². The number of aromatic nitrogens is 2. The van der Waals surface area contributed by atoms with Crippen molar-refractivity contribution in [2.24, 2.45) is 0 Å². The third-order valence-electron chi connectivity index (χ3n) is 1.00. The van der Waals surface area contributed by atoms with E-state index in [4.69, 9.17) is 0 Å². The molecule has 0 amide bonds. The van der Waals surface area contributed by atoms with Crippen molar-refractivity contribution in [2.75, 3.05) is 0 Å². The van der Waals surface area contributed by atoms with E-state index in [9.17, 15) is 9.59 Å². The SMILES string of the molecule is Cc1[13cH][nH]c(=O)[nH]c1=O. The number of aryl methyl sites for hydroxylation is 1. The van der Waals surface area contributed by atoms with E-state index in [-0.39, 0.29) is 5.56 Å². The molecule has 0 saturated carbocycles. The van der Waals surface area contributed by atoms with E-state index in [1.807, 2.05) is 0 Å². The second kappa shape index (κ2) is 1.89. The van der Waals surface area contributed by atoms with Gasteiger partial charge in [0, 0.05) is 11.8 Å². The minimum atomic E-state index is -0.467. The van der Waals surface area contributed by atoms with Crippen molar-refractivity contribution >= 4 is 0 Å². The van der Waals surface area contributed by atoms with Crippen molar-refractivity contribution < 1.29 is 0 Å². The highest BCUT2D eigenvalue weighted by Crippen LogP contribution is 1.73. The lowest BCUT2D eigenvalue weighted by Crippen LogP contribution is -2.22. The van der Waals surface area contributed by atoms with Crippen LogP contribution in [0.25, 0.3) is 0 Å². The first kappa shape index (κ1) is 5.81. The van der Waals surface area contributed by atoms with Crippen LogP contribution in [0.4, 0.5) is 0 Å². The minimum absolute atomic E-state index is 0.334. The van der Waals surface area contributed by atoms with Crippen LogP contribution in [0, 0.1) is 6.92 Å². The van der Waals surface area contributed by atoms with Gasteiger partial charge in [0.05, 0.1) is 0 Å². The van der Waals surface area contributed by atoms with Gasteiger partial charge < -0.3 is 4.98 Å². The van der Waals surface area contributed by atoms with Crippen LogP contribution < -0.4 is 11.2 Å². The molecule has 4 heteroatoms. The summed E-state index contributed by atoms with van der Waals surface area (Å²) in [6, 6.07) is 0. The average Bonchev–Trinajstić information content (AvgIpc) is 1.80. The van der Waals surface area contributed by atoms with Crippen molar-refractivity contribution in [1.82, 2.24) is 9.97 Å². The first-order valence-corrected chi connectivity index (χ1v) is 2.49. The van der Waals surface area contributed by atoms with Gasteiger partial charge in [-0.3, -0.25) is 9.78 Å². The summed E-state index contributed by atoms with van der Waals surface area (Å²) in [5.74, 6) is 0. The Labute approximate surface area is 50.6 Å². The molecule has 0 aliphatic rings. The van der Waals surface area contributed by atoms with E-state index in [0.29, 0.717) is 5.56 Å². The van der Waals surface area contributed by atoms with Crippen molar-refractivity contribution in [3.05, 3.63) is 32.6 Å². The van der Waals surface area contributed by atoms with E-state index < -0.39 is 5.69 Å². The highest BCUT2D eigenvalue weighted by atomic mass is 16.2. The number of rotatable bonds is 0. The molecule has 9 heavy (non-hydrogen) atoms. The number of H-pyrrole nitrogens is 2. The maximum atomic E-state index is 10.6. The molecule has 48 valence electrons. The molecule has 0 spiro atoms. The van der Waals surface area contributed by atoms with Gasteiger partial charge >= 0.3 is 5.69 Å². The summed E-state index contributed by atoms with van der Waals surface area (Å²) in [6.45, 7) is 1.62. The van der Waals surface area contributed by atoms with E-state index in [1.54, 1.807) is 6.92 Å². The Morgan fingerprint density at radius 1 is 1.44 bits per heavy atom. The highest BCUT2D eigenvalue weighted by molar-refractivity contribution is 4.98. The van der Waals surface area contributed by atoms with Crippen LogP contribution in [0.15, 0.2) is 15.8 Å². The lowest BCUT2D eigenvalue weighted by Gasteiger charge is -1.84. The molecule has 1 aromatic heterocycles. The molecular formula is C5H6N2O2. The zero-order valence-corrected chi connectivity index (χ0v) is 4.89. The standard InChI is InChI=1S/C5H6N2O2/c1-3-2-6-5(9)7-4(3)8/h2H,1H3,(H2,6,7,8,9)/i2+1. The zero-order chi connectivity index (χ0) is 6.85. The maximum Gasteiger partial charge on any atom is 0.325 e. The summed E-state index contributed by atoms with van der Waals surface area (Å²) in [6.07, 6.45) is 1.38. The molecule has 1 rings (SSSR count). The van der Waals surface area contributed by atoms with Crippen LogP contribution in [-0.2, 0) is 0 Å². The van der Waals surface area contributed by atoms with E-state index >= 15 is 0 Å². The van der Waals surface area contributed by atoms with Crippen molar-refractivity contribution in [3.8, 4) is 0 Å². The number of hydrogen-bond donors (Lipinski definition) is 2. The van der Waals surface area contributed by atoms with Gasteiger partial charge in [-0.05, 0) is 6.92 Å². The summed E-state index contributed by atoms with van der Waals surface area (Å²) in [5, 5.41) is 0. The van der Waals surface area contributed by atoms with Crippen LogP contribution in [0.2, 0.25) is 0 Å². The average molecular weight is 127 g/mol. The molecule has 0 saturated heterocycles. The van der Waals surface area contributed by atoms with Crippen molar-refractivity contribution in [3.63, 3.8) is 0 Å². The van der Waals surface area contributed by atoms with Gasteiger partial charge in [0.25, 0.3) is 5.56 Å². The van der Waals surface area contributed by atoms with Gasteiger partial charge in [0.2, 0.25) is 0 Å². The van der Waals surface area contributed by atoms with Crippen LogP contribution in [0.5, 0.6) is 0 Å². The molecule has 1 heterocycles. The molecule has 4 nitrogen and oxygen atoms in total. The molecule has 2 N–H and O–H groups in total. The van der Waals surface area contributed by atoms with Gasteiger partial charge in [-0.15, -0.1) is 0 Å². The third-order valence-corrected chi connectivity index (χ3v) is 1.00. The molecular weight excluding hydrogens is 121 g/mol. The van der Waals surface area contributed by atoms with Gasteiger partial charge in [0.15, 0.2) is 0 Å². The van der Waals surface area contributed by atoms with Crippen LogP contribution in [-0.4, -0.2) is 9.97 Å². The number of aromatic amines is 2. The highest BCUT2D eigenvalue weighted by Gasteiger charge is 1.88. The predicted octanol–water partition coefficient (Wildman–Crippen LogP) is -0.628. The number of nitrogens with one attached hydrogen (secondary N) is 2. The van der Waals surface area contributed by atoms with Gasteiger partial charge in [-0.2, -0.15) is 0 Å². The fraction of sp³-hybridized carbons (Fsp3) is 0.200. The largest absolute Gasteiger partial charge is 0.325 e. The van der Waals surface area contributed by atoms with E-state index in [0.717, 1.165) is 0 Å². The fourth-order valence-corrected chi connectivity index (χ4v) is 0.477. The predicted molar refractivity (Wildman–Crippen MR) is 32.4 cm³/mol. The second-order valence-corrected chi connectivity index (χ2v) is 1.75. The first-order valence-electron chi connectivity index (χ1n) is 2.49. The molecule has 0 atom stereocenters. The summed E-state index contributed by atoms with van der Waals surface area (Å²) in [7, 11) is 0. The fourth-order valence-electron chi connectivity index (χ4n) is 0.477. The summed E-state index contributed by atoms with van der Waals surface area (Å²) in [5.41, 5.74) is -0.293. The maximum absolute atomic E-state index is 10.6. The quantitative estimate of drug-likeness (QED) is 0.487. The molecule has 0 unspecified atom stereocenters. The third kappa shape index (κ3) is 1.07. The van der Waals surface area contributed by atoms with Gasteiger partial charge in [-0.1, -0.05) is 0 Å². The van der Waals surface area contributed by atoms with Gasteiger partial charge in [0.1, 0.15) is 0 Å². The molecule has 0 aromatic carbocycles. The van der Waals surface area contributed by atoms with E-state index in [2.05, 4.69) is 9.97 Å². The molecule has 0 aliphatic carbocycles. The Balaban J connectivity index is 3.52. The van der Waals surface area contributed by atoms with Crippen molar-refractivity contribution in [1.29, 1.82) is 0 Å². The van der Waals surface area contributed by atoms with Gasteiger partial charge in [-0.25, -0.2) is 4.79 Å². The first-order chi connectivity index (χ1) is 4.20. The molecule has 0 bridgehead atoms. The summed E-state index contributed by atoms with van der Waals surface area (Å²) in [4.78, 5) is 25.3. The van der Waals surface area contributed by atoms with Crippen LogP contribution in [0.3, 0.4) is 0 Å². The Bertz CT molecular complexity index is 309. The number of hydrogen-bond acceptors (Lipinski definition) is 2. The normalized spacial score (nSPS) is 9.44. The van der Waals surface area contributed by atoms with Crippen molar-refractivity contribution in [2.45, 2.75) is 6.92 Å². The smallest absolute Gasteiger partial charge is 0.314 e. The topological polar surface area (TPSA) is 65.7 Å². The molecule has 1 aromatic rings.